The van der Waals surface area contributed by atoms with Crippen LogP contribution < -0.4 is 16.3 Å². The van der Waals surface area contributed by atoms with Crippen molar-refractivity contribution in [2.24, 2.45) is 0 Å². The van der Waals surface area contributed by atoms with Gasteiger partial charge in [0.05, 0.1) is 12.7 Å². The lowest BCUT2D eigenvalue weighted by molar-refractivity contribution is -0.0458. The molecule has 4 rings (SSSR count). The van der Waals surface area contributed by atoms with E-state index in [0.717, 1.165) is 10.8 Å². The molecule has 2 amide bonds. The zero-order valence-electron chi connectivity index (χ0n) is 15.4. The number of aliphatic hydroxyl groups is 2. The predicted molar refractivity (Wildman–Crippen MR) is 107 cm³/mol. The number of benzene rings is 2. The fourth-order valence-corrected chi connectivity index (χ4v) is 3.30. The Balaban J connectivity index is 1.43. The first-order valence-electron chi connectivity index (χ1n) is 9.14. The van der Waals surface area contributed by atoms with Gasteiger partial charge in [0, 0.05) is 18.3 Å². The third-order valence-electron chi connectivity index (χ3n) is 4.77. The van der Waals surface area contributed by atoms with E-state index in [1.165, 1.54) is 16.8 Å². The number of nitrogens with one attached hydrogen (secondary N) is 2. The van der Waals surface area contributed by atoms with Crippen molar-refractivity contribution < 1.29 is 19.7 Å². The highest BCUT2D eigenvalue weighted by Gasteiger charge is 2.34. The molecule has 1 fully saturated rings. The van der Waals surface area contributed by atoms with Crippen LogP contribution in [0.2, 0.25) is 0 Å². The molecular formula is C20H20N4O5. The molecule has 0 aliphatic carbocycles. The second-order valence-corrected chi connectivity index (χ2v) is 6.76. The normalized spacial score (nSPS) is 21.2. The third kappa shape index (κ3) is 4.11. The number of carbonyl (C=O) groups is 1. The molecule has 2 aromatic carbocycles. The van der Waals surface area contributed by atoms with Crippen molar-refractivity contribution in [1.82, 2.24) is 9.55 Å². The molecule has 1 saturated heterocycles. The maximum absolute atomic E-state index is 12.3. The number of rotatable bonds is 4. The summed E-state index contributed by atoms with van der Waals surface area (Å²) in [6.07, 6.45) is -0.720. The van der Waals surface area contributed by atoms with Crippen LogP contribution in [0, 0.1) is 0 Å². The first-order valence-corrected chi connectivity index (χ1v) is 9.14. The molecule has 1 aliphatic rings. The van der Waals surface area contributed by atoms with Crippen LogP contribution in [0.1, 0.15) is 12.6 Å². The second-order valence-electron chi connectivity index (χ2n) is 6.76. The summed E-state index contributed by atoms with van der Waals surface area (Å²) in [5, 5.41) is 26.2. The Morgan fingerprint density at radius 3 is 2.69 bits per heavy atom. The lowest BCUT2D eigenvalue weighted by Gasteiger charge is -2.14. The quantitative estimate of drug-likeness (QED) is 0.532. The minimum atomic E-state index is -0.859. The maximum Gasteiger partial charge on any atom is 0.351 e. The molecule has 1 aliphatic heterocycles. The second kappa shape index (κ2) is 8.00. The average Bonchev–Trinajstić information content (AvgIpc) is 3.08. The minimum absolute atomic E-state index is 0.0850. The summed E-state index contributed by atoms with van der Waals surface area (Å²) in [5.41, 5.74) is -0.0257. The number of urea groups is 1. The molecule has 0 saturated carbocycles. The van der Waals surface area contributed by atoms with Gasteiger partial charge in [0.2, 0.25) is 0 Å². The topological polar surface area (TPSA) is 126 Å². The molecule has 0 spiro atoms. The van der Waals surface area contributed by atoms with Gasteiger partial charge in [0.15, 0.2) is 0 Å². The molecule has 3 atom stereocenters. The third-order valence-corrected chi connectivity index (χ3v) is 4.77. The van der Waals surface area contributed by atoms with E-state index in [1.54, 1.807) is 6.07 Å². The van der Waals surface area contributed by atoms with Gasteiger partial charge in [-0.05, 0) is 29.0 Å². The Kier molecular flexibility index (Phi) is 5.26. The number of hydrogen-bond acceptors (Lipinski definition) is 6. The van der Waals surface area contributed by atoms with Crippen LogP contribution in [0.3, 0.4) is 0 Å². The van der Waals surface area contributed by atoms with Gasteiger partial charge >= 0.3 is 11.7 Å². The van der Waals surface area contributed by atoms with Crippen molar-refractivity contribution in [1.29, 1.82) is 0 Å². The van der Waals surface area contributed by atoms with E-state index in [4.69, 9.17) is 9.84 Å². The standard InChI is InChI=1S/C20H20N4O5/c25-11-16-15(26)10-18(29-16)24-8-7-17(23-20(24)28)22-19(27)21-14-6-5-12-3-1-2-4-13(12)9-14/h1-9,15-16,18,25-26H,10-11H2,(H2,21,22,23,27,28)/t15-,16-,18-/m1/s1. The van der Waals surface area contributed by atoms with Crippen molar-refractivity contribution in [2.75, 3.05) is 17.2 Å². The van der Waals surface area contributed by atoms with Gasteiger partial charge in [-0.25, -0.2) is 9.59 Å². The van der Waals surface area contributed by atoms with Gasteiger partial charge in [-0.1, -0.05) is 30.3 Å². The Bertz CT molecular complexity index is 1100. The minimum Gasteiger partial charge on any atom is -0.394 e. The van der Waals surface area contributed by atoms with Gasteiger partial charge in [-0.3, -0.25) is 9.88 Å². The zero-order valence-corrected chi connectivity index (χ0v) is 15.4. The number of aromatic nitrogens is 2. The van der Waals surface area contributed by atoms with E-state index in [9.17, 15) is 14.7 Å². The Labute approximate surface area is 165 Å². The number of carbonyl (C=O) groups excluding carboxylic acids is 1. The number of amides is 2. The molecule has 9 nitrogen and oxygen atoms in total. The van der Waals surface area contributed by atoms with E-state index in [2.05, 4.69) is 15.6 Å². The Morgan fingerprint density at radius 2 is 1.97 bits per heavy atom. The van der Waals surface area contributed by atoms with Crippen LogP contribution in [-0.2, 0) is 4.74 Å². The number of nitrogens with zero attached hydrogens (tertiary/aromatic N) is 2. The van der Waals surface area contributed by atoms with E-state index < -0.39 is 30.2 Å². The highest BCUT2D eigenvalue weighted by molar-refractivity contribution is 6.00. The van der Waals surface area contributed by atoms with E-state index >= 15 is 0 Å². The molecule has 29 heavy (non-hydrogen) atoms. The number of ether oxygens (including phenoxy) is 1. The van der Waals surface area contributed by atoms with Gasteiger partial charge in [0.1, 0.15) is 18.1 Å². The maximum atomic E-state index is 12.3. The van der Waals surface area contributed by atoms with Gasteiger partial charge in [-0.2, -0.15) is 4.98 Å². The molecule has 0 bridgehead atoms. The van der Waals surface area contributed by atoms with E-state index in [0.29, 0.717) is 5.69 Å². The van der Waals surface area contributed by atoms with Crippen molar-refractivity contribution in [2.45, 2.75) is 24.9 Å². The van der Waals surface area contributed by atoms with Crippen LogP contribution >= 0.6 is 0 Å². The summed E-state index contributed by atoms with van der Waals surface area (Å²) >= 11 is 0. The van der Waals surface area contributed by atoms with Crippen LogP contribution in [-0.4, -0.2) is 44.6 Å². The molecule has 1 aromatic heterocycles. The number of fused-ring (bicyclic) bond motifs is 1. The number of anilines is 2. The Hall–Kier alpha value is -3.27. The van der Waals surface area contributed by atoms with Gasteiger partial charge < -0.3 is 20.3 Å². The fraction of sp³-hybridized carbons (Fsp3) is 0.250. The molecule has 150 valence electrons. The fourth-order valence-electron chi connectivity index (χ4n) is 3.30. The lowest BCUT2D eigenvalue weighted by atomic mass is 10.1. The molecule has 4 N–H and O–H groups in total. The first-order chi connectivity index (χ1) is 14.0. The smallest absolute Gasteiger partial charge is 0.351 e. The van der Waals surface area contributed by atoms with Crippen LogP contribution in [0.4, 0.5) is 16.3 Å². The summed E-state index contributed by atoms with van der Waals surface area (Å²) in [7, 11) is 0. The lowest BCUT2D eigenvalue weighted by Crippen LogP contribution is -2.29. The average molecular weight is 396 g/mol. The summed E-state index contributed by atoms with van der Waals surface area (Å²) < 4.78 is 6.66. The highest BCUT2D eigenvalue weighted by Crippen LogP contribution is 2.27. The molecule has 3 aromatic rings. The Morgan fingerprint density at radius 1 is 1.17 bits per heavy atom. The number of aliphatic hydroxyl groups excluding tert-OH is 2. The molecule has 0 radical (unpaired) electrons. The summed E-state index contributed by atoms with van der Waals surface area (Å²) in [5.74, 6) is 0.0850. The van der Waals surface area contributed by atoms with E-state index in [-0.39, 0.29) is 18.8 Å². The van der Waals surface area contributed by atoms with E-state index in [1.807, 2.05) is 36.4 Å². The van der Waals surface area contributed by atoms with Crippen LogP contribution in [0.25, 0.3) is 10.8 Å². The molecule has 0 unspecified atom stereocenters. The van der Waals surface area contributed by atoms with Crippen molar-refractivity contribution in [3.63, 3.8) is 0 Å². The molecule has 9 heteroatoms. The predicted octanol–water partition coefficient (Wildman–Crippen LogP) is 1.68. The SMILES string of the molecule is O=C(Nc1ccc2ccccc2c1)Nc1ccn([C@H]2C[C@@H](O)[C@@H](CO)O2)c(=O)n1. The van der Waals surface area contributed by atoms with Gasteiger partial charge in [-0.15, -0.1) is 0 Å². The summed E-state index contributed by atoms with van der Waals surface area (Å²) in [6, 6.07) is 14.3. The van der Waals surface area contributed by atoms with Crippen LogP contribution in [0.15, 0.2) is 59.5 Å². The van der Waals surface area contributed by atoms with Crippen molar-refractivity contribution in [3.8, 4) is 0 Å². The van der Waals surface area contributed by atoms with Gasteiger partial charge in [0.25, 0.3) is 0 Å². The number of hydrogen-bond donors (Lipinski definition) is 4. The van der Waals surface area contributed by atoms with Crippen molar-refractivity contribution >= 4 is 28.3 Å². The zero-order chi connectivity index (χ0) is 20.4. The highest BCUT2D eigenvalue weighted by atomic mass is 16.5. The summed E-state index contributed by atoms with van der Waals surface area (Å²) in [6.45, 7) is -0.339. The van der Waals surface area contributed by atoms with Crippen molar-refractivity contribution in [3.05, 3.63) is 65.2 Å². The first kappa shape index (κ1) is 19.1. The van der Waals surface area contributed by atoms with Crippen LogP contribution in [0.5, 0.6) is 0 Å². The largest absolute Gasteiger partial charge is 0.394 e. The monoisotopic (exact) mass is 396 g/mol. The summed E-state index contributed by atoms with van der Waals surface area (Å²) in [4.78, 5) is 28.3. The molecule has 2 heterocycles. The molecular weight excluding hydrogens is 376 g/mol.